The number of carbonyl (C=O) groups excluding carboxylic acids is 2. The van der Waals surface area contributed by atoms with Crippen LogP contribution in [0.1, 0.15) is 17.5 Å². The van der Waals surface area contributed by atoms with Crippen LogP contribution in [0, 0.1) is 11.8 Å². The van der Waals surface area contributed by atoms with E-state index in [1.807, 2.05) is 24.3 Å². The minimum Gasteiger partial charge on any atom is -0.352 e. The zero-order valence-corrected chi connectivity index (χ0v) is 12.6. The van der Waals surface area contributed by atoms with E-state index < -0.39 is 0 Å². The fourth-order valence-electron chi connectivity index (χ4n) is 2.42. The summed E-state index contributed by atoms with van der Waals surface area (Å²) in [6.07, 6.45) is 7.37. The van der Waals surface area contributed by atoms with Gasteiger partial charge in [0.15, 0.2) is 0 Å². The molecule has 6 heteroatoms. The highest BCUT2D eigenvalue weighted by atomic mass is 16.2. The molecule has 2 aromatic rings. The van der Waals surface area contributed by atoms with E-state index >= 15 is 0 Å². The summed E-state index contributed by atoms with van der Waals surface area (Å²) >= 11 is 0. The number of rotatable bonds is 6. The van der Waals surface area contributed by atoms with Crippen LogP contribution in [-0.4, -0.2) is 21.8 Å². The van der Waals surface area contributed by atoms with E-state index in [9.17, 15) is 9.59 Å². The van der Waals surface area contributed by atoms with Gasteiger partial charge in [0, 0.05) is 37.9 Å². The Kier molecular flexibility index (Phi) is 4.61. The van der Waals surface area contributed by atoms with E-state index in [0.29, 0.717) is 19.5 Å². The van der Waals surface area contributed by atoms with E-state index in [1.165, 1.54) is 0 Å². The largest absolute Gasteiger partial charge is 0.352 e. The topological polar surface area (TPSA) is 84.0 Å². The summed E-state index contributed by atoms with van der Waals surface area (Å²) in [7, 11) is 0. The molecule has 3 rings (SSSR count). The average Bonchev–Trinajstić information content (AvgIpc) is 3.40. The predicted molar refractivity (Wildman–Crippen MR) is 83.8 cm³/mol. The number of carbonyl (C=O) groups is 2. The SMILES string of the molecule is O=C(NCc1ccncc1)[C@@H]1C[C@H]1C(=O)NCc1ccncc1. The molecule has 1 aliphatic rings. The third-order valence-corrected chi connectivity index (χ3v) is 3.90. The highest BCUT2D eigenvalue weighted by molar-refractivity contribution is 5.92. The molecule has 0 bridgehead atoms. The summed E-state index contributed by atoms with van der Waals surface area (Å²) in [5, 5.41) is 5.73. The summed E-state index contributed by atoms with van der Waals surface area (Å²) in [5.74, 6) is -0.555. The van der Waals surface area contributed by atoms with Crippen LogP contribution in [0.4, 0.5) is 0 Å². The summed E-state index contributed by atoms with van der Waals surface area (Å²) in [6.45, 7) is 0.923. The van der Waals surface area contributed by atoms with Crippen molar-refractivity contribution < 1.29 is 9.59 Å². The Hall–Kier alpha value is -2.76. The highest BCUT2D eigenvalue weighted by Gasteiger charge is 2.47. The second-order valence-corrected chi connectivity index (χ2v) is 5.60. The molecule has 0 aromatic carbocycles. The lowest BCUT2D eigenvalue weighted by molar-refractivity contribution is -0.127. The van der Waals surface area contributed by atoms with Crippen molar-refractivity contribution in [1.29, 1.82) is 0 Å². The van der Waals surface area contributed by atoms with Crippen LogP contribution >= 0.6 is 0 Å². The van der Waals surface area contributed by atoms with Gasteiger partial charge >= 0.3 is 0 Å². The molecular weight excluding hydrogens is 292 g/mol. The van der Waals surface area contributed by atoms with Crippen LogP contribution in [0.5, 0.6) is 0 Å². The first kappa shape index (κ1) is 15.1. The van der Waals surface area contributed by atoms with E-state index in [1.54, 1.807) is 24.8 Å². The van der Waals surface area contributed by atoms with Crippen LogP contribution in [0.15, 0.2) is 49.1 Å². The minimum absolute atomic E-state index is 0.0640. The summed E-state index contributed by atoms with van der Waals surface area (Å²) in [4.78, 5) is 32.0. The maximum Gasteiger partial charge on any atom is 0.224 e. The van der Waals surface area contributed by atoms with Crippen LogP contribution < -0.4 is 10.6 Å². The first-order valence-electron chi connectivity index (χ1n) is 7.57. The normalized spacial score (nSPS) is 19.0. The fourth-order valence-corrected chi connectivity index (χ4v) is 2.42. The molecule has 6 nitrogen and oxygen atoms in total. The first-order valence-corrected chi connectivity index (χ1v) is 7.57. The number of amides is 2. The fraction of sp³-hybridized carbons (Fsp3) is 0.294. The maximum atomic E-state index is 12.1. The summed E-state index contributed by atoms with van der Waals surface area (Å²) in [5.41, 5.74) is 1.99. The lowest BCUT2D eigenvalue weighted by Crippen LogP contribution is -2.29. The zero-order chi connectivity index (χ0) is 16.1. The molecule has 0 radical (unpaired) electrons. The van der Waals surface area contributed by atoms with Crippen LogP contribution in [-0.2, 0) is 22.7 Å². The molecule has 23 heavy (non-hydrogen) atoms. The Morgan fingerprint density at radius 1 is 0.826 bits per heavy atom. The van der Waals surface area contributed by atoms with Crippen molar-refractivity contribution in [3.05, 3.63) is 60.2 Å². The predicted octanol–water partition coefficient (Wildman–Crippen LogP) is 1.05. The number of hydrogen-bond acceptors (Lipinski definition) is 4. The van der Waals surface area contributed by atoms with Crippen molar-refractivity contribution in [2.75, 3.05) is 0 Å². The Morgan fingerprint density at radius 3 is 1.61 bits per heavy atom. The van der Waals surface area contributed by atoms with E-state index in [0.717, 1.165) is 11.1 Å². The molecule has 1 aliphatic carbocycles. The third-order valence-electron chi connectivity index (χ3n) is 3.90. The van der Waals surface area contributed by atoms with Gasteiger partial charge in [0.2, 0.25) is 11.8 Å². The Balaban J connectivity index is 1.41. The lowest BCUT2D eigenvalue weighted by atomic mass is 10.2. The van der Waals surface area contributed by atoms with Gasteiger partial charge in [-0.05, 0) is 41.8 Å². The van der Waals surface area contributed by atoms with Crippen LogP contribution in [0.2, 0.25) is 0 Å². The minimum atomic E-state index is -0.214. The zero-order valence-electron chi connectivity index (χ0n) is 12.6. The lowest BCUT2D eigenvalue weighted by Gasteiger charge is -2.06. The average molecular weight is 310 g/mol. The quantitative estimate of drug-likeness (QED) is 0.835. The van der Waals surface area contributed by atoms with Gasteiger partial charge in [-0.3, -0.25) is 19.6 Å². The molecule has 2 heterocycles. The summed E-state index contributed by atoms with van der Waals surface area (Å²) < 4.78 is 0. The van der Waals surface area contributed by atoms with Crippen LogP contribution in [0.3, 0.4) is 0 Å². The Morgan fingerprint density at radius 2 is 1.22 bits per heavy atom. The molecule has 0 saturated heterocycles. The number of nitrogens with one attached hydrogen (secondary N) is 2. The van der Waals surface area contributed by atoms with Gasteiger partial charge in [-0.1, -0.05) is 0 Å². The van der Waals surface area contributed by atoms with Gasteiger partial charge in [0.05, 0.1) is 11.8 Å². The molecule has 2 amide bonds. The van der Waals surface area contributed by atoms with Crippen LogP contribution in [0.25, 0.3) is 0 Å². The summed E-state index contributed by atoms with van der Waals surface area (Å²) in [6, 6.07) is 7.41. The first-order chi connectivity index (χ1) is 11.2. The molecule has 0 unspecified atom stereocenters. The standard InChI is InChI=1S/C17H18N4O2/c22-16(20-10-12-1-5-18-6-2-12)14-9-15(14)17(23)21-11-13-3-7-19-8-4-13/h1-8,14-15H,9-11H2,(H,20,22)(H,21,23)/t14-,15-/m1/s1. The van der Waals surface area contributed by atoms with Crippen molar-refractivity contribution in [2.24, 2.45) is 11.8 Å². The van der Waals surface area contributed by atoms with Crippen molar-refractivity contribution in [2.45, 2.75) is 19.5 Å². The number of pyridine rings is 2. The molecule has 118 valence electrons. The Bertz CT molecular complexity index is 616. The van der Waals surface area contributed by atoms with E-state index in [4.69, 9.17) is 0 Å². The molecule has 2 N–H and O–H groups in total. The van der Waals surface area contributed by atoms with Gasteiger partial charge in [-0.15, -0.1) is 0 Å². The van der Waals surface area contributed by atoms with Gasteiger partial charge in [-0.25, -0.2) is 0 Å². The van der Waals surface area contributed by atoms with Crippen molar-refractivity contribution in [3.8, 4) is 0 Å². The van der Waals surface area contributed by atoms with Gasteiger partial charge in [0.1, 0.15) is 0 Å². The van der Waals surface area contributed by atoms with Gasteiger partial charge < -0.3 is 10.6 Å². The number of hydrogen-bond donors (Lipinski definition) is 2. The second kappa shape index (κ2) is 7.00. The molecule has 2 atom stereocenters. The monoisotopic (exact) mass is 310 g/mol. The van der Waals surface area contributed by atoms with Gasteiger partial charge in [-0.2, -0.15) is 0 Å². The Labute approximate surface area is 134 Å². The molecule has 1 fully saturated rings. The second-order valence-electron chi connectivity index (χ2n) is 5.60. The molecule has 1 saturated carbocycles. The van der Waals surface area contributed by atoms with Crippen molar-refractivity contribution in [3.63, 3.8) is 0 Å². The third kappa shape index (κ3) is 4.12. The molecule has 2 aromatic heterocycles. The van der Waals surface area contributed by atoms with E-state index in [-0.39, 0.29) is 23.7 Å². The van der Waals surface area contributed by atoms with Gasteiger partial charge in [0.25, 0.3) is 0 Å². The molecular formula is C17H18N4O2. The maximum absolute atomic E-state index is 12.1. The van der Waals surface area contributed by atoms with Crippen molar-refractivity contribution >= 4 is 11.8 Å². The molecule has 0 aliphatic heterocycles. The van der Waals surface area contributed by atoms with Crippen molar-refractivity contribution in [1.82, 2.24) is 20.6 Å². The smallest absolute Gasteiger partial charge is 0.224 e. The highest BCUT2D eigenvalue weighted by Crippen LogP contribution is 2.38. The number of aromatic nitrogens is 2. The number of nitrogens with zero attached hydrogens (tertiary/aromatic N) is 2. The molecule has 0 spiro atoms. The van der Waals surface area contributed by atoms with E-state index in [2.05, 4.69) is 20.6 Å².